The molecule has 1 amide bonds. The predicted octanol–water partition coefficient (Wildman–Crippen LogP) is 4.63. The molecule has 0 N–H and O–H groups in total. The molecule has 0 radical (unpaired) electrons. The molecule has 0 spiro atoms. The number of aryl methyl sites for hydroxylation is 1. The van der Waals surface area contributed by atoms with E-state index in [-0.39, 0.29) is 29.1 Å². The second-order valence-electron chi connectivity index (χ2n) is 7.59. The first-order valence-electron chi connectivity index (χ1n) is 10.1. The van der Waals surface area contributed by atoms with E-state index in [9.17, 15) is 13.2 Å². The number of fused-ring (bicyclic) bond motifs is 1. The number of halogens is 1. The number of thiazole rings is 1. The Hall–Kier alpha value is -2.00. The SMILES string of the molecule is Cc1cc(Cl)cc2sc(N(CC3CCCO3)C(=O)CCS(=O)(=O)c3ccccc3)nc12. The van der Waals surface area contributed by atoms with Gasteiger partial charge in [0.05, 0.1) is 33.5 Å². The lowest BCUT2D eigenvalue weighted by molar-refractivity contribution is -0.118. The van der Waals surface area contributed by atoms with Crippen molar-refractivity contribution in [3.05, 3.63) is 53.1 Å². The normalized spacial score (nSPS) is 16.6. The highest BCUT2D eigenvalue weighted by Crippen LogP contribution is 2.34. The number of rotatable bonds is 7. The fourth-order valence-electron chi connectivity index (χ4n) is 3.64. The number of carbonyl (C=O) groups excluding carboxylic acids is 1. The number of aromatic nitrogens is 1. The van der Waals surface area contributed by atoms with Gasteiger partial charge in [0, 0.05) is 18.1 Å². The Kier molecular flexibility index (Phi) is 6.62. The van der Waals surface area contributed by atoms with E-state index in [4.69, 9.17) is 16.3 Å². The lowest BCUT2D eigenvalue weighted by Gasteiger charge is -2.23. The fourth-order valence-corrected chi connectivity index (χ4v) is 6.34. The highest BCUT2D eigenvalue weighted by molar-refractivity contribution is 7.91. The molecule has 31 heavy (non-hydrogen) atoms. The minimum atomic E-state index is -3.55. The molecular weight excluding hydrogens is 456 g/mol. The van der Waals surface area contributed by atoms with E-state index in [0.29, 0.717) is 23.3 Å². The first kappa shape index (κ1) is 22.2. The van der Waals surface area contributed by atoms with Gasteiger partial charge in [-0.2, -0.15) is 0 Å². The molecule has 1 fully saturated rings. The Labute approximate surface area is 190 Å². The largest absolute Gasteiger partial charge is 0.376 e. The van der Waals surface area contributed by atoms with Gasteiger partial charge in [-0.1, -0.05) is 41.1 Å². The number of nitrogens with zero attached hydrogens (tertiary/aromatic N) is 2. The maximum Gasteiger partial charge on any atom is 0.229 e. The first-order valence-corrected chi connectivity index (χ1v) is 12.9. The Balaban J connectivity index is 1.59. The third-order valence-electron chi connectivity index (χ3n) is 5.27. The molecule has 1 aromatic heterocycles. The summed E-state index contributed by atoms with van der Waals surface area (Å²) in [4.78, 5) is 19.7. The molecule has 1 aliphatic heterocycles. The standard InChI is InChI=1S/C22H23ClN2O4S2/c1-15-12-16(23)13-19-21(15)24-22(30-19)25(14-17-6-5-10-29-17)20(26)9-11-31(27,28)18-7-3-2-4-8-18/h2-4,7-8,12-13,17H,5-6,9-11,14H2,1H3. The molecule has 1 aliphatic rings. The number of hydrogen-bond donors (Lipinski definition) is 0. The van der Waals surface area contributed by atoms with Crippen LogP contribution in [-0.2, 0) is 19.4 Å². The summed E-state index contributed by atoms with van der Waals surface area (Å²) in [5.41, 5.74) is 1.73. The molecule has 9 heteroatoms. The van der Waals surface area contributed by atoms with Crippen molar-refractivity contribution in [2.75, 3.05) is 23.8 Å². The predicted molar refractivity (Wildman–Crippen MR) is 124 cm³/mol. The van der Waals surface area contributed by atoms with Crippen molar-refractivity contribution in [3.63, 3.8) is 0 Å². The summed E-state index contributed by atoms with van der Waals surface area (Å²) in [7, 11) is -3.55. The lowest BCUT2D eigenvalue weighted by Crippen LogP contribution is -2.38. The summed E-state index contributed by atoms with van der Waals surface area (Å²) in [6.45, 7) is 2.96. The van der Waals surface area contributed by atoms with E-state index in [1.54, 1.807) is 35.2 Å². The third-order valence-corrected chi connectivity index (χ3v) is 8.24. The minimum Gasteiger partial charge on any atom is -0.376 e. The van der Waals surface area contributed by atoms with Crippen LogP contribution in [0.15, 0.2) is 47.4 Å². The smallest absolute Gasteiger partial charge is 0.229 e. The number of amides is 1. The van der Waals surface area contributed by atoms with Crippen LogP contribution in [0.3, 0.4) is 0 Å². The molecule has 164 valence electrons. The first-order chi connectivity index (χ1) is 14.8. The van der Waals surface area contributed by atoms with Crippen molar-refractivity contribution < 1.29 is 17.9 Å². The molecule has 2 heterocycles. The molecule has 0 bridgehead atoms. The molecule has 1 unspecified atom stereocenters. The van der Waals surface area contributed by atoms with E-state index >= 15 is 0 Å². The Bertz CT molecular complexity index is 1190. The van der Waals surface area contributed by atoms with Gasteiger partial charge in [0.1, 0.15) is 0 Å². The van der Waals surface area contributed by atoms with Gasteiger partial charge in [-0.25, -0.2) is 13.4 Å². The van der Waals surface area contributed by atoms with Gasteiger partial charge in [-0.3, -0.25) is 9.69 Å². The summed E-state index contributed by atoms with van der Waals surface area (Å²) < 4.78 is 31.9. The monoisotopic (exact) mass is 478 g/mol. The molecule has 4 rings (SSSR count). The van der Waals surface area contributed by atoms with Gasteiger partial charge in [-0.05, 0) is 49.6 Å². The van der Waals surface area contributed by atoms with Gasteiger partial charge in [-0.15, -0.1) is 0 Å². The lowest BCUT2D eigenvalue weighted by atomic mass is 10.2. The topological polar surface area (TPSA) is 76.6 Å². The van der Waals surface area contributed by atoms with Crippen molar-refractivity contribution in [2.45, 2.75) is 37.2 Å². The van der Waals surface area contributed by atoms with Crippen molar-refractivity contribution in [3.8, 4) is 0 Å². The molecule has 6 nitrogen and oxygen atoms in total. The van der Waals surface area contributed by atoms with Crippen molar-refractivity contribution in [2.24, 2.45) is 0 Å². The van der Waals surface area contributed by atoms with Crippen molar-refractivity contribution >= 4 is 54.0 Å². The molecule has 2 aromatic carbocycles. The van der Waals surface area contributed by atoms with Crippen molar-refractivity contribution in [1.82, 2.24) is 4.98 Å². The second kappa shape index (κ2) is 9.24. The van der Waals surface area contributed by atoms with Crippen LogP contribution in [0, 0.1) is 6.92 Å². The minimum absolute atomic E-state index is 0.0774. The van der Waals surface area contributed by atoms with Gasteiger partial charge in [0.25, 0.3) is 0 Å². The zero-order valence-electron chi connectivity index (χ0n) is 17.1. The summed E-state index contributed by atoms with van der Waals surface area (Å²) >= 11 is 7.56. The maximum absolute atomic E-state index is 13.2. The van der Waals surface area contributed by atoms with Gasteiger partial charge in [0.2, 0.25) is 5.91 Å². The number of carbonyl (C=O) groups is 1. The summed E-state index contributed by atoms with van der Waals surface area (Å²) in [6, 6.07) is 11.9. The maximum atomic E-state index is 13.2. The van der Waals surface area contributed by atoms with Gasteiger partial charge in [0.15, 0.2) is 15.0 Å². The van der Waals surface area contributed by atoms with Crippen LogP contribution in [0.1, 0.15) is 24.8 Å². The van der Waals surface area contributed by atoms with E-state index in [1.807, 2.05) is 19.1 Å². The van der Waals surface area contributed by atoms with Gasteiger partial charge < -0.3 is 4.74 Å². The van der Waals surface area contributed by atoms with E-state index in [1.165, 1.54) is 11.3 Å². The second-order valence-corrected chi connectivity index (χ2v) is 11.1. The number of benzene rings is 2. The van der Waals surface area contributed by atoms with Crippen LogP contribution in [0.5, 0.6) is 0 Å². The average molecular weight is 479 g/mol. The fraction of sp³-hybridized carbons (Fsp3) is 0.364. The molecular formula is C22H23ClN2O4S2. The highest BCUT2D eigenvalue weighted by Gasteiger charge is 2.27. The quantitative estimate of drug-likeness (QED) is 0.494. The molecule has 0 aliphatic carbocycles. The molecule has 3 aromatic rings. The Morgan fingerprint density at radius 3 is 2.77 bits per heavy atom. The summed E-state index contributed by atoms with van der Waals surface area (Å²) in [6.07, 6.45) is 1.61. The van der Waals surface area contributed by atoms with E-state index in [0.717, 1.165) is 28.6 Å². The zero-order valence-corrected chi connectivity index (χ0v) is 19.5. The van der Waals surface area contributed by atoms with Crippen LogP contribution in [-0.4, -0.2) is 44.3 Å². The zero-order chi connectivity index (χ0) is 22.0. The summed E-state index contributed by atoms with van der Waals surface area (Å²) in [5.74, 6) is -0.536. The number of hydrogen-bond acceptors (Lipinski definition) is 6. The number of ether oxygens (including phenoxy) is 1. The van der Waals surface area contributed by atoms with Crippen LogP contribution in [0.25, 0.3) is 10.2 Å². The van der Waals surface area contributed by atoms with E-state index < -0.39 is 9.84 Å². The Morgan fingerprint density at radius 1 is 1.29 bits per heavy atom. The number of anilines is 1. The summed E-state index contributed by atoms with van der Waals surface area (Å²) in [5, 5.41) is 1.16. The van der Waals surface area contributed by atoms with Crippen LogP contribution < -0.4 is 4.90 Å². The van der Waals surface area contributed by atoms with Crippen LogP contribution >= 0.6 is 22.9 Å². The molecule has 1 atom stereocenters. The van der Waals surface area contributed by atoms with Gasteiger partial charge >= 0.3 is 0 Å². The number of sulfone groups is 1. The third kappa shape index (κ3) is 5.09. The average Bonchev–Trinajstić information content (AvgIpc) is 3.40. The van der Waals surface area contributed by atoms with E-state index in [2.05, 4.69) is 4.98 Å². The Morgan fingerprint density at radius 2 is 2.06 bits per heavy atom. The van der Waals surface area contributed by atoms with Crippen LogP contribution in [0.2, 0.25) is 5.02 Å². The highest BCUT2D eigenvalue weighted by atomic mass is 35.5. The molecule has 1 saturated heterocycles. The van der Waals surface area contributed by atoms with Crippen LogP contribution in [0.4, 0.5) is 5.13 Å². The van der Waals surface area contributed by atoms with Crippen molar-refractivity contribution in [1.29, 1.82) is 0 Å². The molecule has 0 saturated carbocycles.